The fourth-order valence-corrected chi connectivity index (χ4v) is 3.22. The zero-order valence-electron chi connectivity index (χ0n) is 12.3. The van der Waals surface area contributed by atoms with Gasteiger partial charge in [-0.15, -0.1) is 0 Å². The van der Waals surface area contributed by atoms with Gasteiger partial charge in [-0.2, -0.15) is 0 Å². The molecule has 0 aromatic heterocycles. The van der Waals surface area contributed by atoms with Crippen LogP contribution in [-0.4, -0.2) is 28.6 Å². The molecule has 1 aromatic carbocycles. The highest BCUT2D eigenvalue weighted by Crippen LogP contribution is 2.35. The molecule has 1 saturated heterocycles. The van der Waals surface area contributed by atoms with Crippen LogP contribution < -0.4 is 16.2 Å². The van der Waals surface area contributed by atoms with Crippen LogP contribution in [0.15, 0.2) is 30.3 Å². The van der Waals surface area contributed by atoms with E-state index in [-0.39, 0.29) is 24.4 Å². The van der Waals surface area contributed by atoms with Gasteiger partial charge in [0.1, 0.15) is 6.04 Å². The van der Waals surface area contributed by atoms with Crippen molar-refractivity contribution in [1.82, 2.24) is 16.2 Å². The summed E-state index contributed by atoms with van der Waals surface area (Å²) in [7, 11) is 0. The first-order valence-electron chi connectivity index (χ1n) is 7.68. The molecule has 22 heavy (non-hydrogen) atoms. The van der Waals surface area contributed by atoms with Gasteiger partial charge in [0, 0.05) is 6.04 Å². The number of benzene rings is 1. The summed E-state index contributed by atoms with van der Waals surface area (Å²) < 4.78 is 0. The molecule has 2 unspecified atom stereocenters. The molecule has 0 bridgehead atoms. The first kappa shape index (κ1) is 15.0. The van der Waals surface area contributed by atoms with Gasteiger partial charge in [0.05, 0.1) is 12.0 Å². The molecule has 0 radical (unpaired) electrons. The van der Waals surface area contributed by atoms with E-state index in [4.69, 9.17) is 5.11 Å². The smallest absolute Gasteiger partial charge is 0.305 e. The molecule has 1 aliphatic heterocycles. The van der Waals surface area contributed by atoms with E-state index >= 15 is 0 Å². The highest BCUT2D eigenvalue weighted by Gasteiger charge is 2.42. The molecule has 1 saturated carbocycles. The number of carbonyl (C=O) groups excluding carboxylic acids is 1. The second-order valence-corrected chi connectivity index (χ2v) is 6.23. The van der Waals surface area contributed by atoms with Gasteiger partial charge < -0.3 is 10.4 Å². The Morgan fingerprint density at radius 1 is 1.23 bits per heavy atom. The summed E-state index contributed by atoms with van der Waals surface area (Å²) in [4.78, 5) is 23.4. The Balaban J connectivity index is 1.59. The lowest BCUT2D eigenvalue weighted by atomic mass is 9.74. The Labute approximate surface area is 129 Å². The quantitative estimate of drug-likeness (QED) is 0.654. The molecular weight excluding hydrogens is 282 g/mol. The van der Waals surface area contributed by atoms with E-state index in [9.17, 15) is 9.59 Å². The minimum atomic E-state index is -0.861. The zero-order valence-corrected chi connectivity index (χ0v) is 12.3. The van der Waals surface area contributed by atoms with Gasteiger partial charge in [-0.05, 0) is 31.2 Å². The van der Waals surface area contributed by atoms with Crippen LogP contribution in [0.4, 0.5) is 0 Å². The predicted octanol–water partition coefficient (Wildman–Crippen LogP) is 1.11. The van der Waals surface area contributed by atoms with Crippen molar-refractivity contribution < 1.29 is 14.7 Å². The van der Waals surface area contributed by atoms with Crippen molar-refractivity contribution in [2.45, 2.75) is 49.7 Å². The standard InChI is InChI=1S/C16H21N3O3/c20-14(21)10-16(7-4-8-16)17-15(22)13-9-12(18-19-13)11-5-2-1-3-6-11/h1-3,5-6,12-13,18-19H,4,7-10H2,(H,17,22)(H,20,21). The maximum absolute atomic E-state index is 12.4. The Kier molecular flexibility index (Phi) is 4.13. The number of carboxylic acids is 1. The van der Waals surface area contributed by atoms with Gasteiger partial charge in [-0.25, -0.2) is 10.9 Å². The van der Waals surface area contributed by atoms with Crippen LogP contribution >= 0.6 is 0 Å². The topological polar surface area (TPSA) is 90.5 Å². The predicted molar refractivity (Wildman–Crippen MR) is 80.8 cm³/mol. The van der Waals surface area contributed by atoms with Crippen molar-refractivity contribution in [1.29, 1.82) is 0 Å². The number of aliphatic carboxylic acids is 1. The van der Waals surface area contributed by atoms with E-state index in [0.717, 1.165) is 24.8 Å². The molecule has 2 fully saturated rings. The van der Waals surface area contributed by atoms with Crippen molar-refractivity contribution in [2.75, 3.05) is 0 Å². The summed E-state index contributed by atoms with van der Waals surface area (Å²) in [6.07, 6.45) is 3.11. The lowest BCUT2D eigenvalue weighted by Gasteiger charge is -2.42. The summed E-state index contributed by atoms with van der Waals surface area (Å²) in [5.41, 5.74) is 6.75. The average Bonchev–Trinajstić information content (AvgIpc) is 2.95. The summed E-state index contributed by atoms with van der Waals surface area (Å²) in [5, 5.41) is 12.0. The minimum Gasteiger partial charge on any atom is -0.481 e. The number of hydrazine groups is 1. The third kappa shape index (κ3) is 3.13. The molecule has 118 valence electrons. The summed E-state index contributed by atoms with van der Waals surface area (Å²) in [5.74, 6) is -0.980. The number of hydrogen-bond acceptors (Lipinski definition) is 4. The number of carbonyl (C=O) groups is 2. The molecular formula is C16H21N3O3. The Morgan fingerprint density at radius 2 is 1.95 bits per heavy atom. The molecule has 4 N–H and O–H groups in total. The van der Waals surface area contributed by atoms with Crippen molar-refractivity contribution in [2.24, 2.45) is 0 Å². The van der Waals surface area contributed by atoms with Gasteiger partial charge in [0.15, 0.2) is 0 Å². The lowest BCUT2D eigenvalue weighted by Crippen LogP contribution is -2.58. The fraction of sp³-hybridized carbons (Fsp3) is 0.500. The van der Waals surface area contributed by atoms with E-state index < -0.39 is 11.5 Å². The van der Waals surface area contributed by atoms with E-state index in [1.165, 1.54) is 0 Å². The number of carboxylic acid groups (broad SMARTS) is 1. The van der Waals surface area contributed by atoms with Crippen LogP contribution in [0, 0.1) is 0 Å². The molecule has 3 rings (SSSR count). The molecule has 1 aromatic rings. The molecule has 1 amide bonds. The van der Waals surface area contributed by atoms with Crippen molar-refractivity contribution in [3.8, 4) is 0 Å². The first-order valence-corrected chi connectivity index (χ1v) is 7.68. The van der Waals surface area contributed by atoms with E-state index in [1.54, 1.807) is 0 Å². The monoisotopic (exact) mass is 303 g/mol. The van der Waals surface area contributed by atoms with Gasteiger partial charge in [0.2, 0.25) is 5.91 Å². The van der Waals surface area contributed by atoms with E-state index in [1.807, 2.05) is 30.3 Å². The van der Waals surface area contributed by atoms with Gasteiger partial charge in [-0.3, -0.25) is 9.59 Å². The van der Waals surface area contributed by atoms with Crippen molar-refractivity contribution in [3.63, 3.8) is 0 Å². The van der Waals surface area contributed by atoms with Crippen LogP contribution in [0.5, 0.6) is 0 Å². The Hall–Kier alpha value is -1.92. The average molecular weight is 303 g/mol. The van der Waals surface area contributed by atoms with Crippen molar-refractivity contribution >= 4 is 11.9 Å². The van der Waals surface area contributed by atoms with E-state index in [0.29, 0.717) is 6.42 Å². The lowest BCUT2D eigenvalue weighted by molar-refractivity contribution is -0.140. The number of rotatable bonds is 5. The molecule has 1 aliphatic carbocycles. The van der Waals surface area contributed by atoms with Gasteiger partial charge in [0.25, 0.3) is 0 Å². The second kappa shape index (κ2) is 6.06. The first-order chi connectivity index (χ1) is 10.6. The fourth-order valence-electron chi connectivity index (χ4n) is 3.22. The van der Waals surface area contributed by atoms with Crippen molar-refractivity contribution in [3.05, 3.63) is 35.9 Å². The van der Waals surface area contributed by atoms with Crippen LogP contribution in [0.3, 0.4) is 0 Å². The van der Waals surface area contributed by atoms with E-state index in [2.05, 4.69) is 16.2 Å². The molecule has 2 atom stereocenters. The third-order valence-corrected chi connectivity index (χ3v) is 4.61. The second-order valence-electron chi connectivity index (χ2n) is 6.23. The maximum atomic E-state index is 12.4. The highest BCUT2D eigenvalue weighted by molar-refractivity contribution is 5.83. The minimum absolute atomic E-state index is 0.000994. The van der Waals surface area contributed by atoms with Gasteiger partial charge >= 0.3 is 5.97 Å². The summed E-state index contributed by atoms with van der Waals surface area (Å²) >= 11 is 0. The number of hydrogen-bond donors (Lipinski definition) is 4. The van der Waals surface area contributed by atoms with Crippen LogP contribution in [-0.2, 0) is 9.59 Å². The number of nitrogens with one attached hydrogen (secondary N) is 3. The largest absolute Gasteiger partial charge is 0.481 e. The van der Waals surface area contributed by atoms with Crippen LogP contribution in [0.2, 0.25) is 0 Å². The number of amides is 1. The highest BCUT2D eigenvalue weighted by atomic mass is 16.4. The third-order valence-electron chi connectivity index (χ3n) is 4.61. The zero-order chi connectivity index (χ0) is 15.6. The Bertz CT molecular complexity index is 557. The summed E-state index contributed by atoms with van der Waals surface area (Å²) in [6.45, 7) is 0. The Morgan fingerprint density at radius 3 is 2.55 bits per heavy atom. The maximum Gasteiger partial charge on any atom is 0.305 e. The molecule has 6 nitrogen and oxygen atoms in total. The summed E-state index contributed by atoms with van der Waals surface area (Å²) in [6, 6.07) is 9.71. The van der Waals surface area contributed by atoms with Gasteiger partial charge in [-0.1, -0.05) is 30.3 Å². The normalized spacial score (nSPS) is 26.2. The molecule has 2 aliphatic rings. The SMILES string of the molecule is O=C(O)CC1(NC(=O)C2CC(c3ccccc3)NN2)CCC1. The molecule has 1 heterocycles. The molecule has 6 heteroatoms. The van der Waals surface area contributed by atoms with Crippen LogP contribution in [0.25, 0.3) is 0 Å². The van der Waals surface area contributed by atoms with Crippen LogP contribution in [0.1, 0.15) is 43.7 Å². The molecule has 0 spiro atoms.